The lowest BCUT2D eigenvalue weighted by Crippen LogP contribution is -2.20. The molecule has 7 heteroatoms. The van der Waals surface area contributed by atoms with Gasteiger partial charge in [-0.15, -0.1) is 0 Å². The van der Waals surface area contributed by atoms with Crippen molar-refractivity contribution in [3.63, 3.8) is 0 Å². The average Bonchev–Trinajstić information content (AvgIpc) is 2.94. The molecule has 0 aliphatic rings. The van der Waals surface area contributed by atoms with E-state index in [-0.39, 0.29) is 10.8 Å². The second kappa shape index (κ2) is 19.4. The molecule has 6 nitrogen and oxygen atoms in total. The van der Waals surface area contributed by atoms with E-state index in [0.717, 1.165) is 18.4 Å². The van der Waals surface area contributed by atoms with Crippen LogP contribution in [0, 0.1) is 6.92 Å². The second-order valence-corrected chi connectivity index (χ2v) is 12.6. The molecule has 0 radical (unpaired) electrons. The summed E-state index contributed by atoms with van der Waals surface area (Å²) in [6, 6.07) is 13.9. The van der Waals surface area contributed by atoms with Gasteiger partial charge in [0.25, 0.3) is 10.0 Å². The van der Waals surface area contributed by atoms with Crippen LogP contribution in [-0.4, -0.2) is 20.0 Å². The number of unbranched alkanes of at least 4 members (excludes halogenated alkanes) is 14. The van der Waals surface area contributed by atoms with E-state index in [9.17, 15) is 13.2 Å². The van der Waals surface area contributed by atoms with Crippen molar-refractivity contribution in [2.45, 2.75) is 128 Å². The van der Waals surface area contributed by atoms with Gasteiger partial charge in [0, 0.05) is 17.7 Å². The lowest BCUT2D eigenvalue weighted by Gasteiger charge is -2.11. The maximum absolute atomic E-state index is 12.6. The molecule has 0 unspecified atom stereocenters. The van der Waals surface area contributed by atoms with E-state index in [1.807, 2.05) is 31.2 Å². The molecule has 0 spiro atoms. The quantitative estimate of drug-likeness (QED) is 0.0894. The van der Waals surface area contributed by atoms with E-state index >= 15 is 0 Å². The maximum atomic E-state index is 12.6. The molecule has 0 heterocycles. The van der Waals surface area contributed by atoms with Gasteiger partial charge in [-0.25, -0.2) is 0 Å². The number of para-hydroxylation sites is 1. The highest BCUT2D eigenvalue weighted by molar-refractivity contribution is 7.89. The number of rotatable bonds is 21. The Bertz CT molecular complexity index is 1130. The zero-order valence-corrected chi connectivity index (χ0v) is 25.8. The first-order valence-electron chi connectivity index (χ1n) is 15.4. The van der Waals surface area contributed by atoms with Gasteiger partial charge >= 0.3 is 0 Å². The van der Waals surface area contributed by atoms with Crippen LogP contribution in [0.2, 0.25) is 0 Å². The van der Waals surface area contributed by atoms with Crippen molar-refractivity contribution in [3.8, 4) is 0 Å². The van der Waals surface area contributed by atoms with Crippen LogP contribution >= 0.6 is 0 Å². The van der Waals surface area contributed by atoms with E-state index in [2.05, 4.69) is 22.2 Å². The molecule has 0 fully saturated rings. The summed E-state index contributed by atoms with van der Waals surface area (Å²) in [5, 5.41) is 7.08. The molecule has 0 aliphatic heterocycles. The molecule has 2 N–H and O–H groups in total. The van der Waals surface area contributed by atoms with Gasteiger partial charge in [0.2, 0.25) is 5.91 Å². The third-order valence-electron chi connectivity index (χ3n) is 7.26. The number of sulfonamides is 1. The predicted molar refractivity (Wildman–Crippen MR) is 168 cm³/mol. The second-order valence-electron chi connectivity index (χ2n) is 10.9. The van der Waals surface area contributed by atoms with Crippen LogP contribution in [-0.2, 0) is 14.8 Å². The Labute approximate surface area is 243 Å². The average molecular weight is 570 g/mol. The zero-order chi connectivity index (χ0) is 29.1. The van der Waals surface area contributed by atoms with E-state index in [0.29, 0.717) is 23.4 Å². The smallest absolute Gasteiger partial charge is 0.276 e. The Morgan fingerprint density at radius 3 is 1.77 bits per heavy atom. The molecular formula is C33H51N3O3S. The van der Waals surface area contributed by atoms with Crippen LogP contribution in [0.5, 0.6) is 0 Å². The van der Waals surface area contributed by atoms with Gasteiger partial charge in [0.1, 0.15) is 0 Å². The first kappa shape index (κ1) is 33.5. The minimum absolute atomic E-state index is 0.0322. The lowest BCUT2D eigenvalue weighted by atomic mass is 10.0. The standard InChI is InChI=1S/C33H51N3O3S/c1-4-5-6-7-8-9-10-11-12-13-14-15-16-17-18-23-33(37)34-32-22-20-19-21-31(32)29(3)35-36-40(38,39)30-26-24-28(2)25-27-30/h19-22,24-27,36H,4-18,23H2,1-3H3,(H,34,37)/b35-29+. The van der Waals surface area contributed by atoms with Crippen LogP contribution in [0.25, 0.3) is 0 Å². The van der Waals surface area contributed by atoms with Crippen molar-refractivity contribution in [1.29, 1.82) is 0 Å². The van der Waals surface area contributed by atoms with Gasteiger partial charge in [-0.1, -0.05) is 133 Å². The highest BCUT2D eigenvalue weighted by Gasteiger charge is 2.14. The summed E-state index contributed by atoms with van der Waals surface area (Å²) in [6.07, 6.45) is 19.9. The SMILES string of the molecule is CCCCCCCCCCCCCCCCCC(=O)Nc1ccccc1/C(C)=N/NS(=O)(=O)c1ccc(C)cc1. The van der Waals surface area contributed by atoms with Crippen molar-refractivity contribution in [2.24, 2.45) is 5.10 Å². The predicted octanol–water partition coefficient (Wildman–Crippen LogP) is 8.90. The summed E-state index contributed by atoms with van der Waals surface area (Å²) in [5.74, 6) is -0.0322. The topological polar surface area (TPSA) is 87.6 Å². The minimum Gasteiger partial charge on any atom is -0.325 e. The van der Waals surface area contributed by atoms with Crippen molar-refractivity contribution < 1.29 is 13.2 Å². The van der Waals surface area contributed by atoms with Gasteiger partial charge in [0.05, 0.1) is 10.6 Å². The van der Waals surface area contributed by atoms with Crippen molar-refractivity contribution in [3.05, 3.63) is 59.7 Å². The summed E-state index contributed by atoms with van der Waals surface area (Å²) in [6.45, 7) is 5.89. The van der Waals surface area contributed by atoms with Crippen molar-refractivity contribution in [1.82, 2.24) is 4.83 Å². The molecule has 0 saturated heterocycles. The lowest BCUT2D eigenvalue weighted by molar-refractivity contribution is -0.116. The molecule has 0 atom stereocenters. The molecule has 0 aromatic heterocycles. The molecule has 2 aromatic carbocycles. The molecule has 40 heavy (non-hydrogen) atoms. The van der Waals surface area contributed by atoms with E-state index in [4.69, 9.17) is 0 Å². The number of amides is 1. The first-order chi connectivity index (χ1) is 19.3. The molecule has 2 aromatic rings. The fraction of sp³-hybridized carbons (Fsp3) is 0.576. The highest BCUT2D eigenvalue weighted by Crippen LogP contribution is 2.18. The van der Waals surface area contributed by atoms with Crippen LogP contribution in [0.3, 0.4) is 0 Å². The third-order valence-corrected chi connectivity index (χ3v) is 8.49. The highest BCUT2D eigenvalue weighted by atomic mass is 32.2. The Morgan fingerprint density at radius 1 is 0.725 bits per heavy atom. The number of benzene rings is 2. The minimum atomic E-state index is -3.77. The Morgan fingerprint density at radius 2 is 1.23 bits per heavy atom. The number of hydrazone groups is 1. The summed E-state index contributed by atoms with van der Waals surface area (Å²) < 4.78 is 25.1. The fourth-order valence-corrected chi connectivity index (χ4v) is 5.59. The van der Waals surface area contributed by atoms with Gasteiger partial charge in [-0.3, -0.25) is 4.79 Å². The molecule has 0 bridgehead atoms. The van der Waals surface area contributed by atoms with Gasteiger partial charge in [-0.05, 0) is 38.5 Å². The van der Waals surface area contributed by atoms with E-state index in [1.54, 1.807) is 31.2 Å². The Hall–Kier alpha value is -2.67. The van der Waals surface area contributed by atoms with Crippen LogP contribution < -0.4 is 10.1 Å². The van der Waals surface area contributed by atoms with E-state index in [1.165, 1.54) is 83.5 Å². The van der Waals surface area contributed by atoms with Gasteiger partial charge < -0.3 is 5.32 Å². The van der Waals surface area contributed by atoms with Crippen LogP contribution in [0.4, 0.5) is 5.69 Å². The molecule has 222 valence electrons. The Kier molecular flexibility index (Phi) is 16.3. The Balaban J connectivity index is 1.64. The summed E-state index contributed by atoms with van der Waals surface area (Å²) in [4.78, 5) is 15.0. The molecule has 0 saturated carbocycles. The number of aryl methyl sites for hydroxylation is 1. The van der Waals surface area contributed by atoms with Crippen LogP contribution in [0.1, 0.15) is 128 Å². The largest absolute Gasteiger partial charge is 0.325 e. The number of nitrogens with one attached hydrogen (secondary N) is 2. The first-order valence-corrected chi connectivity index (χ1v) is 16.8. The fourth-order valence-electron chi connectivity index (χ4n) is 4.74. The number of carbonyl (C=O) groups is 1. The van der Waals surface area contributed by atoms with Crippen molar-refractivity contribution >= 4 is 27.3 Å². The van der Waals surface area contributed by atoms with Crippen LogP contribution in [0.15, 0.2) is 58.5 Å². The summed E-state index contributed by atoms with van der Waals surface area (Å²) in [7, 11) is -3.77. The third kappa shape index (κ3) is 13.6. The number of nitrogens with zero attached hydrogens (tertiary/aromatic N) is 1. The molecular weight excluding hydrogens is 518 g/mol. The maximum Gasteiger partial charge on any atom is 0.276 e. The van der Waals surface area contributed by atoms with Gasteiger partial charge in [0.15, 0.2) is 0 Å². The zero-order valence-electron chi connectivity index (χ0n) is 25.0. The number of hydrogen-bond donors (Lipinski definition) is 2. The number of anilines is 1. The number of hydrogen-bond acceptors (Lipinski definition) is 4. The molecule has 0 aliphatic carbocycles. The molecule has 1 amide bonds. The molecule has 2 rings (SSSR count). The number of carbonyl (C=O) groups excluding carboxylic acids is 1. The normalized spacial score (nSPS) is 11.9. The van der Waals surface area contributed by atoms with E-state index < -0.39 is 10.0 Å². The van der Waals surface area contributed by atoms with Crippen molar-refractivity contribution in [2.75, 3.05) is 5.32 Å². The van der Waals surface area contributed by atoms with Gasteiger partial charge in [-0.2, -0.15) is 18.4 Å². The summed E-state index contributed by atoms with van der Waals surface area (Å²) in [5.41, 5.74) is 2.76. The summed E-state index contributed by atoms with van der Waals surface area (Å²) >= 11 is 0. The monoisotopic (exact) mass is 569 g/mol.